The van der Waals surface area contributed by atoms with Gasteiger partial charge in [0.05, 0.1) is 13.1 Å². The zero-order valence-electron chi connectivity index (χ0n) is 9.01. The Kier molecular flexibility index (Phi) is 5.41. The van der Waals surface area contributed by atoms with Crippen LogP contribution in [-0.4, -0.2) is 19.0 Å². The molecule has 0 saturated heterocycles. The molecule has 0 atom stereocenters. The van der Waals surface area contributed by atoms with Crippen LogP contribution in [0, 0.1) is 11.8 Å². The Labute approximate surface area is 100 Å². The fourth-order valence-corrected chi connectivity index (χ4v) is 1.29. The van der Waals surface area contributed by atoms with Crippen LogP contribution in [0.2, 0.25) is 5.02 Å². The molecule has 0 bridgehead atoms. The van der Waals surface area contributed by atoms with Crippen molar-refractivity contribution in [1.29, 1.82) is 0 Å². The van der Waals surface area contributed by atoms with Gasteiger partial charge in [-0.05, 0) is 25.1 Å². The third kappa shape index (κ3) is 4.83. The second-order valence-corrected chi connectivity index (χ2v) is 3.53. The van der Waals surface area contributed by atoms with E-state index < -0.39 is 0 Å². The van der Waals surface area contributed by atoms with Crippen molar-refractivity contribution in [2.24, 2.45) is 0 Å². The molecule has 0 saturated carbocycles. The third-order valence-corrected chi connectivity index (χ3v) is 2.02. The van der Waals surface area contributed by atoms with Gasteiger partial charge >= 0.3 is 0 Å². The van der Waals surface area contributed by atoms with Crippen LogP contribution in [0.15, 0.2) is 24.3 Å². The van der Waals surface area contributed by atoms with E-state index >= 15 is 0 Å². The normalized spacial score (nSPS) is 9.12. The quantitative estimate of drug-likeness (QED) is 0.619. The van der Waals surface area contributed by atoms with Gasteiger partial charge in [0, 0.05) is 10.7 Å². The van der Waals surface area contributed by atoms with E-state index in [0.717, 1.165) is 0 Å². The first-order chi connectivity index (χ1) is 7.72. The lowest BCUT2D eigenvalue weighted by Gasteiger charge is -2.05. The highest BCUT2D eigenvalue weighted by atomic mass is 35.5. The fraction of sp³-hybridized carbons (Fsp3) is 0.250. The number of carbonyl (C=O) groups is 1. The minimum Gasteiger partial charge on any atom is -0.325 e. The Morgan fingerprint density at radius 2 is 2.31 bits per heavy atom. The van der Waals surface area contributed by atoms with Gasteiger partial charge in [0.15, 0.2) is 0 Å². The molecule has 2 N–H and O–H groups in total. The largest absolute Gasteiger partial charge is 0.325 e. The highest BCUT2D eigenvalue weighted by Gasteiger charge is 2.00. The van der Waals surface area contributed by atoms with Crippen LogP contribution >= 0.6 is 11.6 Å². The summed E-state index contributed by atoms with van der Waals surface area (Å²) in [6.45, 7) is 2.51. The van der Waals surface area contributed by atoms with Crippen LogP contribution in [0.5, 0.6) is 0 Å². The number of anilines is 1. The molecule has 0 aliphatic rings. The molecule has 1 aromatic rings. The molecule has 0 aliphatic carbocycles. The fourth-order valence-electron chi connectivity index (χ4n) is 1.10. The van der Waals surface area contributed by atoms with Gasteiger partial charge in [-0.2, -0.15) is 0 Å². The molecule has 0 heterocycles. The molecule has 0 unspecified atom stereocenters. The Hall–Kier alpha value is -1.50. The van der Waals surface area contributed by atoms with Crippen molar-refractivity contribution in [3.63, 3.8) is 0 Å². The second-order valence-electron chi connectivity index (χ2n) is 3.09. The molecule has 0 radical (unpaired) electrons. The van der Waals surface area contributed by atoms with Gasteiger partial charge in [-0.25, -0.2) is 0 Å². The molecule has 0 aromatic heterocycles. The monoisotopic (exact) mass is 236 g/mol. The molecule has 0 spiro atoms. The molecule has 3 nitrogen and oxygen atoms in total. The van der Waals surface area contributed by atoms with Crippen LogP contribution in [0.25, 0.3) is 0 Å². The Morgan fingerprint density at radius 1 is 1.50 bits per heavy atom. The topological polar surface area (TPSA) is 41.1 Å². The van der Waals surface area contributed by atoms with Crippen molar-refractivity contribution < 1.29 is 4.79 Å². The molecule has 0 fully saturated rings. The van der Waals surface area contributed by atoms with Crippen LogP contribution < -0.4 is 10.6 Å². The molecule has 84 valence electrons. The van der Waals surface area contributed by atoms with Gasteiger partial charge in [-0.1, -0.05) is 23.6 Å². The van der Waals surface area contributed by atoms with Crippen molar-refractivity contribution in [2.45, 2.75) is 6.92 Å². The van der Waals surface area contributed by atoms with Gasteiger partial charge < -0.3 is 5.32 Å². The predicted molar refractivity (Wildman–Crippen MR) is 66.4 cm³/mol. The van der Waals surface area contributed by atoms with E-state index in [4.69, 9.17) is 11.6 Å². The highest BCUT2D eigenvalue weighted by molar-refractivity contribution is 6.30. The van der Waals surface area contributed by atoms with Crippen molar-refractivity contribution in [3.05, 3.63) is 29.3 Å². The lowest BCUT2D eigenvalue weighted by Crippen LogP contribution is -2.28. The van der Waals surface area contributed by atoms with E-state index in [1.54, 1.807) is 31.2 Å². The van der Waals surface area contributed by atoms with Gasteiger partial charge in [0.2, 0.25) is 5.91 Å². The Bertz CT molecular complexity index is 421. The highest BCUT2D eigenvalue weighted by Crippen LogP contribution is 2.14. The number of rotatable bonds is 4. The SMILES string of the molecule is CC#CCNCC(=O)Nc1cccc(Cl)c1. The van der Waals surface area contributed by atoms with Crippen LogP contribution in [0.4, 0.5) is 5.69 Å². The smallest absolute Gasteiger partial charge is 0.238 e. The van der Waals surface area contributed by atoms with Crippen LogP contribution in [0.1, 0.15) is 6.92 Å². The van der Waals surface area contributed by atoms with Gasteiger partial charge in [0.1, 0.15) is 0 Å². The van der Waals surface area contributed by atoms with E-state index in [0.29, 0.717) is 17.3 Å². The second kappa shape index (κ2) is 6.89. The third-order valence-electron chi connectivity index (χ3n) is 1.78. The van der Waals surface area contributed by atoms with Gasteiger partial charge in [-0.3, -0.25) is 10.1 Å². The summed E-state index contributed by atoms with van der Waals surface area (Å²) in [6.07, 6.45) is 0. The minimum atomic E-state index is -0.111. The van der Waals surface area contributed by atoms with E-state index in [1.165, 1.54) is 0 Å². The zero-order valence-corrected chi connectivity index (χ0v) is 9.77. The summed E-state index contributed by atoms with van der Waals surface area (Å²) in [6, 6.07) is 7.03. The summed E-state index contributed by atoms with van der Waals surface area (Å²) < 4.78 is 0. The number of carbonyl (C=O) groups excluding carboxylic acids is 1. The standard InChI is InChI=1S/C12H13ClN2O/c1-2-3-7-14-9-12(16)15-11-6-4-5-10(13)8-11/h4-6,8,14H,7,9H2,1H3,(H,15,16). The molecule has 1 amide bonds. The Balaban J connectivity index is 2.36. The summed E-state index contributed by atoms with van der Waals surface area (Å²) in [5, 5.41) is 6.23. The van der Waals surface area contributed by atoms with Crippen molar-refractivity contribution in [3.8, 4) is 11.8 Å². The van der Waals surface area contributed by atoms with Crippen molar-refractivity contribution in [1.82, 2.24) is 5.32 Å². The summed E-state index contributed by atoms with van der Waals surface area (Å²) >= 11 is 5.79. The number of amides is 1. The summed E-state index contributed by atoms with van der Waals surface area (Å²) in [5.41, 5.74) is 0.695. The molecule has 1 aromatic carbocycles. The number of hydrogen-bond donors (Lipinski definition) is 2. The number of nitrogens with one attached hydrogen (secondary N) is 2. The lowest BCUT2D eigenvalue weighted by atomic mass is 10.3. The zero-order chi connectivity index (χ0) is 11.8. The lowest BCUT2D eigenvalue weighted by molar-refractivity contribution is -0.115. The summed E-state index contributed by atoms with van der Waals surface area (Å²) in [5.74, 6) is 5.44. The average Bonchev–Trinajstić information content (AvgIpc) is 2.24. The number of halogens is 1. The van der Waals surface area contributed by atoms with Gasteiger partial charge in [-0.15, -0.1) is 5.92 Å². The van der Waals surface area contributed by atoms with E-state index in [1.807, 2.05) is 0 Å². The van der Waals surface area contributed by atoms with E-state index in [-0.39, 0.29) is 12.5 Å². The minimum absolute atomic E-state index is 0.111. The number of hydrogen-bond acceptors (Lipinski definition) is 2. The summed E-state index contributed by atoms with van der Waals surface area (Å²) in [4.78, 5) is 11.4. The molecule has 4 heteroatoms. The van der Waals surface area contributed by atoms with Crippen LogP contribution in [-0.2, 0) is 4.79 Å². The molecule has 1 rings (SSSR count). The maximum absolute atomic E-state index is 11.4. The first-order valence-corrected chi connectivity index (χ1v) is 5.26. The maximum atomic E-state index is 11.4. The van der Waals surface area contributed by atoms with Crippen molar-refractivity contribution in [2.75, 3.05) is 18.4 Å². The molecule has 0 aliphatic heterocycles. The molecule has 16 heavy (non-hydrogen) atoms. The molecular weight excluding hydrogens is 224 g/mol. The van der Waals surface area contributed by atoms with Crippen molar-refractivity contribution >= 4 is 23.2 Å². The number of benzene rings is 1. The van der Waals surface area contributed by atoms with Gasteiger partial charge in [0.25, 0.3) is 0 Å². The molecular formula is C12H13ClN2O. The maximum Gasteiger partial charge on any atom is 0.238 e. The average molecular weight is 237 g/mol. The predicted octanol–water partition coefficient (Wildman–Crippen LogP) is 1.89. The van der Waals surface area contributed by atoms with Crippen LogP contribution in [0.3, 0.4) is 0 Å². The first kappa shape index (κ1) is 12.6. The van der Waals surface area contributed by atoms with E-state index in [2.05, 4.69) is 22.5 Å². The first-order valence-electron chi connectivity index (χ1n) is 4.88. The van der Waals surface area contributed by atoms with E-state index in [9.17, 15) is 4.79 Å². The summed E-state index contributed by atoms with van der Waals surface area (Å²) in [7, 11) is 0. The Morgan fingerprint density at radius 3 is 3.00 bits per heavy atom.